The lowest BCUT2D eigenvalue weighted by Crippen LogP contribution is -2.43. The number of hydrogen-bond donors (Lipinski definition) is 3. The third-order valence-electron chi connectivity index (χ3n) is 1.28. The number of rotatable bonds is 4. The first-order valence-corrected chi connectivity index (χ1v) is 4.24. The Balaban J connectivity index is 3.96. The van der Waals surface area contributed by atoms with Crippen LogP contribution in [0.3, 0.4) is 0 Å². The van der Waals surface area contributed by atoms with Crippen LogP contribution in [0, 0.1) is 0 Å². The second-order valence-corrected chi connectivity index (χ2v) is 3.36. The van der Waals surface area contributed by atoms with E-state index in [1.165, 1.54) is 0 Å². The first kappa shape index (κ1) is 11.6. The van der Waals surface area contributed by atoms with Crippen molar-refractivity contribution < 1.29 is 10.2 Å². The van der Waals surface area contributed by atoms with E-state index in [1.807, 2.05) is 0 Å². The van der Waals surface area contributed by atoms with E-state index >= 15 is 0 Å². The Hall–Kier alpha value is -0.390. The van der Waals surface area contributed by atoms with Crippen LogP contribution in [0.2, 0.25) is 0 Å². The van der Waals surface area contributed by atoms with E-state index in [-0.39, 0.29) is 5.11 Å². The maximum absolute atomic E-state index is 9.05. The summed E-state index contributed by atoms with van der Waals surface area (Å²) in [4.78, 5) is 1.57. The molecule has 0 aliphatic carbocycles. The summed E-state index contributed by atoms with van der Waals surface area (Å²) in [5, 5.41) is 18.3. The topological polar surface area (TPSA) is 69.7 Å². The summed E-state index contributed by atoms with van der Waals surface area (Å²) < 4.78 is 0. The minimum atomic E-state index is -0.495. The third kappa shape index (κ3) is 5.29. The van der Waals surface area contributed by atoms with E-state index in [4.69, 9.17) is 28.2 Å². The molecule has 0 fully saturated rings. The van der Waals surface area contributed by atoms with Gasteiger partial charge in [0.2, 0.25) is 0 Å². The Kier molecular flexibility index (Phi) is 5.12. The average Bonchev–Trinajstić information content (AvgIpc) is 1.83. The van der Waals surface area contributed by atoms with Crippen molar-refractivity contribution >= 4 is 17.3 Å². The van der Waals surface area contributed by atoms with Gasteiger partial charge in [0.05, 0.1) is 12.2 Å². The van der Waals surface area contributed by atoms with Crippen molar-refractivity contribution in [3.63, 3.8) is 0 Å². The van der Waals surface area contributed by atoms with E-state index in [0.717, 1.165) is 0 Å². The SMILES string of the molecule is CC(O)CN(CC(C)O)C(N)=S. The van der Waals surface area contributed by atoms with Gasteiger partial charge in [0.1, 0.15) is 0 Å². The fourth-order valence-corrected chi connectivity index (χ4v) is 1.04. The molecule has 5 heteroatoms. The van der Waals surface area contributed by atoms with Gasteiger partial charge in [0.15, 0.2) is 5.11 Å². The predicted molar refractivity (Wildman–Crippen MR) is 51.7 cm³/mol. The van der Waals surface area contributed by atoms with Gasteiger partial charge in [-0.1, -0.05) is 0 Å². The molecule has 4 N–H and O–H groups in total. The summed E-state index contributed by atoms with van der Waals surface area (Å²) in [6.45, 7) is 4.01. The van der Waals surface area contributed by atoms with Crippen molar-refractivity contribution in [1.29, 1.82) is 0 Å². The molecule has 0 heterocycles. The molecule has 0 aliphatic heterocycles. The highest BCUT2D eigenvalue weighted by Crippen LogP contribution is 1.94. The monoisotopic (exact) mass is 192 g/mol. The summed E-state index contributed by atoms with van der Waals surface area (Å²) in [5.41, 5.74) is 5.37. The van der Waals surface area contributed by atoms with Crippen LogP contribution in [0.25, 0.3) is 0 Å². The number of hydrogen-bond acceptors (Lipinski definition) is 3. The quantitative estimate of drug-likeness (QED) is 0.514. The van der Waals surface area contributed by atoms with Crippen LogP contribution in [0.4, 0.5) is 0 Å². The van der Waals surface area contributed by atoms with Gasteiger partial charge in [-0.05, 0) is 26.1 Å². The Morgan fingerprint density at radius 1 is 1.33 bits per heavy atom. The zero-order valence-corrected chi connectivity index (χ0v) is 8.21. The van der Waals surface area contributed by atoms with E-state index < -0.39 is 12.2 Å². The standard InChI is InChI=1S/C7H16N2O2S/c1-5(10)3-9(7(8)12)4-6(2)11/h5-6,10-11H,3-4H2,1-2H3,(H2,8,12). The highest BCUT2D eigenvalue weighted by molar-refractivity contribution is 7.80. The van der Waals surface area contributed by atoms with Crippen molar-refractivity contribution in [3.8, 4) is 0 Å². The molecule has 0 aromatic carbocycles. The van der Waals surface area contributed by atoms with Gasteiger partial charge in [-0.2, -0.15) is 0 Å². The molecule has 2 unspecified atom stereocenters. The number of thiocarbonyl (C=S) groups is 1. The highest BCUT2D eigenvalue weighted by Gasteiger charge is 2.11. The molecule has 0 aromatic heterocycles. The minimum Gasteiger partial charge on any atom is -0.392 e. The number of nitrogens with zero attached hydrogens (tertiary/aromatic N) is 1. The number of nitrogens with two attached hydrogens (primary N) is 1. The van der Waals surface area contributed by atoms with Crippen LogP contribution >= 0.6 is 12.2 Å². The van der Waals surface area contributed by atoms with Crippen LogP contribution in [-0.4, -0.2) is 45.5 Å². The zero-order valence-electron chi connectivity index (χ0n) is 7.40. The van der Waals surface area contributed by atoms with Gasteiger partial charge >= 0.3 is 0 Å². The third-order valence-corrected chi connectivity index (χ3v) is 1.54. The number of aliphatic hydroxyl groups is 2. The summed E-state index contributed by atoms with van der Waals surface area (Å²) in [7, 11) is 0. The van der Waals surface area contributed by atoms with Gasteiger partial charge < -0.3 is 20.8 Å². The fourth-order valence-electron chi connectivity index (χ4n) is 0.892. The molecule has 0 bridgehead atoms. The average molecular weight is 192 g/mol. The van der Waals surface area contributed by atoms with Crippen molar-refractivity contribution in [3.05, 3.63) is 0 Å². The molecule has 2 atom stereocenters. The fraction of sp³-hybridized carbons (Fsp3) is 0.857. The summed E-state index contributed by atoms with van der Waals surface area (Å²) in [5.74, 6) is 0. The zero-order chi connectivity index (χ0) is 9.72. The van der Waals surface area contributed by atoms with Crippen molar-refractivity contribution in [1.82, 2.24) is 4.90 Å². The van der Waals surface area contributed by atoms with Crippen molar-refractivity contribution in [2.75, 3.05) is 13.1 Å². The Bertz CT molecular complexity index is 140. The molecule has 0 saturated heterocycles. The molecular weight excluding hydrogens is 176 g/mol. The first-order valence-electron chi connectivity index (χ1n) is 3.84. The van der Waals surface area contributed by atoms with E-state index in [2.05, 4.69) is 0 Å². The molecule has 4 nitrogen and oxygen atoms in total. The molecular formula is C7H16N2O2S. The predicted octanol–water partition coefficient (Wildman–Crippen LogP) is -0.706. The lowest BCUT2D eigenvalue weighted by atomic mass is 10.3. The first-order chi connectivity index (χ1) is 5.43. The highest BCUT2D eigenvalue weighted by atomic mass is 32.1. The Morgan fingerprint density at radius 3 is 1.83 bits per heavy atom. The lowest BCUT2D eigenvalue weighted by Gasteiger charge is -2.25. The van der Waals surface area contributed by atoms with Crippen LogP contribution in [0.1, 0.15) is 13.8 Å². The second-order valence-electron chi connectivity index (χ2n) is 2.94. The molecule has 0 saturated carbocycles. The minimum absolute atomic E-state index is 0.205. The smallest absolute Gasteiger partial charge is 0.166 e. The summed E-state index contributed by atoms with van der Waals surface area (Å²) >= 11 is 4.74. The van der Waals surface area contributed by atoms with Crippen LogP contribution < -0.4 is 5.73 Å². The molecule has 0 amide bonds. The van der Waals surface area contributed by atoms with Gasteiger partial charge in [-0.15, -0.1) is 0 Å². The van der Waals surface area contributed by atoms with Crippen LogP contribution in [0.15, 0.2) is 0 Å². The normalized spacial score (nSPS) is 15.3. The molecule has 0 aromatic rings. The lowest BCUT2D eigenvalue weighted by molar-refractivity contribution is 0.120. The van der Waals surface area contributed by atoms with Gasteiger partial charge in [0, 0.05) is 13.1 Å². The summed E-state index contributed by atoms with van der Waals surface area (Å²) in [6, 6.07) is 0. The van der Waals surface area contributed by atoms with Gasteiger partial charge in [-0.25, -0.2) is 0 Å². The molecule has 0 radical (unpaired) electrons. The van der Waals surface area contributed by atoms with E-state index in [1.54, 1.807) is 18.7 Å². The molecule has 12 heavy (non-hydrogen) atoms. The Labute approximate surface area is 78.0 Å². The molecule has 0 spiro atoms. The van der Waals surface area contributed by atoms with Crippen molar-refractivity contribution in [2.24, 2.45) is 5.73 Å². The van der Waals surface area contributed by atoms with Gasteiger partial charge in [-0.3, -0.25) is 0 Å². The van der Waals surface area contributed by atoms with Gasteiger partial charge in [0.25, 0.3) is 0 Å². The van der Waals surface area contributed by atoms with Crippen LogP contribution in [0.5, 0.6) is 0 Å². The maximum Gasteiger partial charge on any atom is 0.166 e. The largest absolute Gasteiger partial charge is 0.392 e. The van der Waals surface area contributed by atoms with E-state index in [9.17, 15) is 0 Å². The molecule has 0 aliphatic rings. The molecule has 0 rings (SSSR count). The molecule has 72 valence electrons. The maximum atomic E-state index is 9.05. The second kappa shape index (κ2) is 5.29. The van der Waals surface area contributed by atoms with Crippen molar-refractivity contribution in [2.45, 2.75) is 26.1 Å². The van der Waals surface area contributed by atoms with Crippen LogP contribution in [-0.2, 0) is 0 Å². The van der Waals surface area contributed by atoms with E-state index in [0.29, 0.717) is 13.1 Å². The number of aliphatic hydroxyl groups excluding tert-OH is 2. The summed E-state index contributed by atoms with van der Waals surface area (Å²) in [6.07, 6.45) is -0.990. The Morgan fingerprint density at radius 2 is 1.67 bits per heavy atom.